The molecule has 0 saturated heterocycles. The third kappa shape index (κ3) is 10.9. The van der Waals surface area contributed by atoms with Crippen molar-refractivity contribution in [3.05, 3.63) is 154 Å². The van der Waals surface area contributed by atoms with E-state index in [9.17, 15) is 0 Å². The molecule has 53 heavy (non-hydrogen) atoms. The number of rotatable bonds is 1. The van der Waals surface area contributed by atoms with Gasteiger partial charge in [-0.1, -0.05) is 97.9 Å². The minimum atomic E-state index is 0.167. The third-order valence-electron chi connectivity index (χ3n) is 11.8. The van der Waals surface area contributed by atoms with Crippen LogP contribution in [0.5, 0.6) is 0 Å². The fourth-order valence-corrected chi connectivity index (χ4v) is 9.26. The van der Waals surface area contributed by atoms with Gasteiger partial charge in [0.2, 0.25) is 0 Å². The van der Waals surface area contributed by atoms with Crippen LogP contribution in [0.15, 0.2) is 96.6 Å². The average molecular weight is 778 g/mol. The van der Waals surface area contributed by atoms with Gasteiger partial charge in [-0.05, 0) is 84.2 Å². The fraction of sp³-hybridized carbons (Fsp3) is 0.442. The van der Waals surface area contributed by atoms with Crippen molar-refractivity contribution in [2.75, 3.05) is 0 Å². The Hall–Kier alpha value is -2.89. The summed E-state index contributed by atoms with van der Waals surface area (Å²) >= 11 is 1.30. The summed E-state index contributed by atoms with van der Waals surface area (Å²) in [6.45, 7) is 20.0. The number of hydrogen-bond donors (Lipinski definition) is 0. The topological polar surface area (TPSA) is 0 Å². The van der Waals surface area contributed by atoms with Crippen LogP contribution in [0, 0.1) is 73.6 Å². The summed E-state index contributed by atoms with van der Waals surface area (Å²) in [6, 6.07) is 36.8. The van der Waals surface area contributed by atoms with Crippen LogP contribution in [0.2, 0.25) is 0 Å². The van der Waals surface area contributed by atoms with Gasteiger partial charge in [-0.25, -0.2) is 6.08 Å². The molecule has 4 aromatic carbocycles. The fourth-order valence-electron chi connectivity index (χ4n) is 9.26. The molecule has 0 amide bonds. The summed E-state index contributed by atoms with van der Waals surface area (Å²) in [5.74, 6) is 5.77. The van der Waals surface area contributed by atoms with Gasteiger partial charge in [-0.3, -0.25) is 6.08 Å². The molecule has 4 bridgehead atoms. The molecule has 0 spiro atoms. The SMILES string of the molecule is CC(C)(C)c1[c-]c2c(cc1)-c1ccc(C(C)(C)C)cc1C2.CC1[C-]=CC(C2C3CC4CC(C3)CC2C4)=C1.Cc1cc[c-]cc1.Cc1cc[c-]cc1.[CH2]=[Zr]. The van der Waals surface area contributed by atoms with Crippen molar-refractivity contribution in [3.8, 4) is 11.1 Å². The maximum atomic E-state index is 3.67. The quantitative estimate of drug-likeness (QED) is 0.149. The molecule has 0 aliphatic heterocycles. The number of fused-ring (bicyclic) bond motifs is 3. The van der Waals surface area contributed by atoms with Gasteiger partial charge in [0.25, 0.3) is 0 Å². The van der Waals surface area contributed by atoms with Crippen molar-refractivity contribution in [2.24, 2.45) is 35.5 Å². The number of aryl methyl sites for hydroxylation is 2. The van der Waals surface area contributed by atoms with E-state index in [1.54, 1.807) is 12.0 Å². The Morgan fingerprint density at radius 1 is 0.660 bits per heavy atom. The van der Waals surface area contributed by atoms with Crippen molar-refractivity contribution in [3.63, 3.8) is 0 Å². The van der Waals surface area contributed by atoms with Gasteiger partial charge in [0.05, 0.1) is 0 Å². The molecule has 10 rings (SSSR count). The Balaban J connectivity index is 0.000000148. The Kier molecular flexibility index (Phi) is 14.1. The standard InChI is InChI=1S/C21H25.C16H21.2C7H7.CH2.Zr/c1-20(2,3)16-7-9-18-14(12-16)11-15-13-17(21(4,5)6)8-10-19(15)18;1-10-2-3-13(4-10)16-14-6-11-5-12(8-14)9-15(16)7-11;2*1-7-5-3-2-4-6-7;;/h7-10,12H,11H2,1-6H3;3-4,10-12,14-16H,5-9H2,1H3;2*3-6H,1H3;1H2;/q4*-1;;. The molecular weight excluding hydrogens is 716 g/mol. The van der Waals surface area contributed by atoms with Crippen LogP contribution in [-0.2, 0) is 41.5 Å². The molecule has 6 aliphatic carbocycles. The molecule has 1 atom stereocenters. The molecule has 1 unspecified atom stereocenters. The van der Waals surface area contributed by atoms with E-state index in [2.05, 4.69) is 133 Å². The van der Waals surface area contributed by atoms with Crippen LogP contribution in [-0.4, -0.2) is 4.21 Å². The van der Waals surface area contributed by atoms with Gasteiger partial charge in [0.15, 0.2) is 0 Å². The van der Waals surface area contributed by atoms with E-state index < -0.39 is 0 Å². The van der Waals surface area contributed by atoms with E-state index in [1.165, 1.54) is 94.4 Å². The van der Waals surface area contributed by atoms with E-state index in [-0.39, 0.29) is 10.8 Å². The van der Waals surface area contributed by atoms with Crippen LogP contribution in [0.1, 0.15) is 114 Å². The monoisotopic (exact) mass is 776 g/mol. The van der Waals surface area contributed by atoms with Gasteiger partial charge in [-0.15, -0.1) is 11.1 Å². The second kappa shape index (κ2) is 18.2. The van der Waals surface area contributed by atoms with E-state index in [0.717, 1.165) is 36.0 Å². The molecule has 0 aromatic heterocycles. The number of benzene rings is 4. The van der Waals surface area contributed by atoms with Crippen molar-refractivity contribution < 1.29 is 24.2 Å². The van der Waals surface area contributed by atoms with Crippen LogP contribution in [0.3, 0.4) is 0 Å². The van der Waals surface area contributed by atoms with Crippen molar-refractivity contribution in [1.82, 2.24) is 0 Å². The van der Waals surface area contributed by atoms with Crippen LogP contribution in [0.4, 0.5) is 0 Å². The van der Waals surface area contributed by atoms with Crippen molar-refractivity contribution >= 4 is 4.21 Å². The Labute approximate surface area is 339 Å². The number of allylic oxidation sites excluding steroid dienone is 4. The summed E-state index contributed by atoms with van der Waals surface area (Å²) in [4.78, 5) is 0. The first-order valence-corrected chi connectivity index (χ1v) is 21.7. The summed E-state index contributed by atoms with van der Waals surface area (Å²) in [6.07, 6.45) is 17.0. The molecule has 0 nitrogen and oxygen atoms in total. The van der Waals surface area contributed by atoms with Crippen LogP contribution >= 0.6 is 0 Å². The van der Waals surface area contributed by atoms with Gasteiger partial charge in [0, 0.05) is 0 Å². The molecule has 0 radical (unpaired) electrons. The first-order chi connectivity index (χ1) is 25.2. The number of hydrogen-bond acceptors (Lipinski definition) is 0. The Morgan fingerprint density at radius 2 is 1.19 bits per heavy atom. The molecular formula is C52H62Zr-4. The first-order valence-electron chi connectivity index (χ1n) is 20.0. The molecule has 4 aromatic rings. The Bertz CT molecular complexity index is 1700. The second-order valence-electron chi connectivity index (χ2n) is 18.2. The van der Waals surface area contributed by atoms with E-state index in [1.807, 2.05) is 48.5 Å². The third-order valence-corrected chi connectivity index (χ3v) is 11.8. The maximum absolute atomic E-state index is 3.67. The summed E-state index contributed by atoms with van der Waals surface area (Å²) < 4.78 is 3.34. The summed E-state index contributed by atoms with van der Waals surface area (Å²) in [5.41, 5.74) is 12.9. The van der Waals surface area contributed by atoms with Crippen LogP contribution < -0.4 is 0 Å². The zero-order valence-electron chi connectivity index (χ0n) is 34.1. The van der Waals surface area contributed by atoms with Gasteiger partial charge >= 0.3 is 28.4 Å². The van der Waals surface area contributed by atoms with Crippen molar-refractivity contribution in [1.29, 1.82) is 0 Å². The summed E-state index contributed by atoms with van der Waals surface area (Å²) in [7, 11) is 0. The molecule has 278 valence electrons. The van der Waals surface area contributed by atoms with E-state index in [4.69, 9.17) is 0 Å². The normalized spacial score (nSPS) is 24.0. The minimum absolute atomic E-state index is 0.167. The molecule has 1 heteroatoms. The van der Waals surface area contributed by atoms with E-state index >= 15 is 0 Å². The molecule has 6 aliphatic rings. The predicted octanol–water partition coefficient (Wildman–Crippen LogP) is 13.2. The van der Waals surface area contributed by atoms with Gasteiger partial charge < -0.3 is 0 Å². The molecule has 4 fully saturated rings. The zero-order chi connectivity index (χ0) is 38.3. The zero-order valence-corrected chi connectivity index (χ0v) is 36.5. The molecule has 0 N–H and O–H groups in total. The van der Waals surface area contributed by atoms with Gasteiger partial charge in [-0.2, -0.15) is 107 Å². The predicted molar refractivity (Wildman–Crippen MR) is 224 cm³/mol. The van der Waals surface area contributed by atoms with E-state index in [0.29, 0.717) is 5.92 Å². The first kappa shape index (κ1) is 41.3. The average Bonchev–Trinajstić information content (AvgIpc) is 3.72. The molecule has 4 saturated carbocycles. The Morgan fingerprint density at radius 3 is 1.62 bits per heavy atom. The van der Waals surface area contributed by atoms with Gasteiger partial charge in [0.1, 0.15) is 0 Å². The van der Waals surface area contributed by atoms with Crippen LogP contribution in [0.25, 0.3) is 11.1 Å². The second-order valence-corrected chi connectivity index (χ2v) is 18.2. The molecule has 0 heterocycles. The summed E-state index contributed by atoms with van der Waals surface area (Å²) in [5, 5.41) is 0. The van der Waals surface area contributed by atoms with Crippen molar-refractivity contribution in [2.45, 2.75) is 112 Å².